The lowest BCUT2D eigenvalue weighted by atomic mass is 10.1. The lowest BCUT2D eigenvalue weighted by Gasteiger charge is -2.36. The van der Waals surface area contributed by atoms with Gasteiger partial charge in [-0.15, -0.1) is 0 Å². The first-order chi connectivity index (χ1) is 15.7. The van der Waals surface area contributed by atoms with Crippen LogP contribution in [0.3, 0.4) is 0 Å². The molecule has 3 aromatic rings. The quantitative estimate of drug-likeness (QED) is 0.461. The number of thioether (sulfide) groups is 1. The molecule has 0 unspecified atom stereocenters. The highest BCUT2D eigenvalue weighted by molar-refractivity contribution is 7.99. The van der Waals surface area contributed by atoms with E-state index < -0.39 is 17.6 Å². The molecule has 1 saturated heterocycles. The fraction of sp³-hybridized carbons (Fsp3) is 0.364. The molecule has 1 aromatic heterocycles. The highest BCUT2D eigenvalue weighted by atomic mass is 35.5. The smallest absolute Gasteiger partial charge is 0.416 e. The third-order valence-electron chi connectivity index (χ3n) is 5.41. The summed E-state index contributed by atoms with van der Waals surface area (Å²) >= 11 is 7.00. The Kier molecular flexibility index (Phi) is 7.06. The number of benzene rings is 2. The fourth-order valence-electron chi connectivity index (χ4n) is 3.65. The van der Waals surface area contributed by atoms with Crippen LogP contribution in [-0.4, -0.2) is 54.3 Å². The van der Waals surface area contributed by atoms with E-state index in [1.807, 2.05) is 4.90 Å². The van der Waals surface area contributed by atoms with E-state index in [0.717, 1.165) is 43.5 Å². The molecule has 0 radical (unpaired) electrons. The Morgan fingerprint density at radius 2 is 1.94 bits per heavy atom. The van der Waals surface area contributed by atoms with Crippen molar-refractivity contribution in [1.82, 2.24) is 9.88 Å². The van der Waals surface area contributed by atoms with Crippen molar-refractivity contribution in [1.29, 1.82) is 0 Å². The molecule has 11 heteroatoms. The number of piperazine rings is 1. The van der Waals surface area contributed by atoms with E-state index >= 15 is 0 Å². The first-order valence-electron chi connectivity index (χ1n) is 10.4. The van der Waals surface area contributed by atoms with Gasteiger partial charge in [0.2, 0.25) is 5.91 Å². The number of alkyl halides is 3. The van der Waals surface area contributed by atoms with Crippen LogP contribution in [0.4, 0.5) is 24.5 Å². The Morgan fingerprint density at radius 3 is 2.64 bits per heavy atom. The maximum atomic E-state index is 13.3. The van der Waals surface area contributed by atoms with E-state index in [-0.39, 0.29) is 16.7 Å². The number of fused-ring (bicyclic) bond motifs is 1. The summed E-state index contributed by atoms with van der Waals surface area (Å²) in [5, 5.41) is 3.45. The first kappa shape index (κ1) is 23.7. The molecule has 2 heterocycles. The molecule has 1 N–H and O–H groups in total. The van der Waals surface area contributed by atoms with Crippen molar-refractivity contribution in [2.75, 3.05) is 48.7 Å². The van der Waals surface area contributed by atoms with Gasteiger partial charge in [0.1, 0.15) is 5.52 Å². The van der Waals surface area contributed by atoms with E-state index in [9.17, 15) is 18.0 Å². The van der Waals surface area contributed by atoms with E-state index in [4.69, 9.17) is 16.0 Å². The number of hydrogen-bond donors (Lipinski definition) is 1. The van der Waals surface area contributed by atoms with Gasteiger partial charge in [0.05, 0.1) is 22.7 Å². The highest BCUT2D eigenvalue weighted by Crippen LogP contribution is 2.36. The molecule has 0 bridgehead atoms. The van der Waals surface area contributed by atoms with Crippen LogP contribution in [0.25, 0.3) is 11.1 Å². The zero-order valence-corrected chi connectivity index (χ0v) is 19.4. The van der Waals surface area contributed by atoms with Crippen LogP contribution < -0.4 is 10.2 Å². The average molecular weight is 499 g/mol. The number of oxazole rings is 1. The average Bonchev–Trinajstić information content (AvgIpc) is 3.19. The maximum Gasteiger partial charge on any atom is 0.416 e. The summed E-state index contributed by atoms with van der Waals surface area (Å²) in [5.41, 5.74) is 1.01. The van der Waals surface area contributed by atoms with Gasteiger partial charge in [-0.3, -0.25) is 4.79 Å². The molecular weight excluding hydrogens is 477 g/mol. The van der Waals surface area contributed by atoms with Crippen molar-refractivity contribution in [2.24, 2.45) is 0 Å². The molecule has 0 atom stereocenters. The standard InChI is InChI=1S/C22H22ClF3N4O2S/c1-2-29-7-9-30(10-8-29)18-5-3-14(22(24,25)26)11-16(18)27-20(31)13-33-21-28-17-12-15(23)4-6-19(17)32-21/h3-6,11-12H,2,7-10,13H2,1H3,(H,27,31). The Bertz CT molecular complexity index is 1150. The van der Waals surface area contributed by atoms with Crippen molar-refractivity contribution >= 4 is 51.7 Å². The van der Waals surface area contributed by atoms with Crippen LogP contribution in [0, 0.1) is 0 Å². The summed E-state index contributed by atoms with van der Waals surface area (Å²) in [6.07, 6.45) is -4.51. The van der Waals surface area contributed by atoms with Gasteiger partial charge in [0, 0.05) is 31.2 Å². The number of nitrogens with zero attached hydrogens (tertiary/aromatic N) is 3. The Hall–Kier alpha value is -2.43. The Morgan fingerprint density at radius 1 is 1.18 bits per heavy atom. The summed E-state index contributed by atoms with van der Waals surface area (Å²) in [5.74, 6) is -0.520. The summed E-state index contributed by atoms with van der Waals surface area (Å²) in [6, 6.07) is 8.48. The number of likely N-dealkylation sites (N-methyl/N-ethyl adjacent to an activating group) is 1. The molecular formula is C22H22ClF3N4O2S. The van der Waals surface area contributed by atoms with Gasteiger partial charge in [-0.1, -0.05) is 30.3 Å². The molecule has 1 amide bonds. The van der Waals surface area contributed by atoms with E-state index in [1.165, 1.54) is 6.07 Å². The monoisotopic (exact) mass is 498 g/mol. The SMILES string of the molecule is CCN1CCN(c2ccc(C(F)(F)F)cc2NC(=O)CSc2nc3cc(Cl)ccc3o2)CC1. The second-order valence-corrected chi connectivity index (χ2v) is 8.94. The number of aromatic nitrogens is 1. The van der Waals surface area contributed by atoms with Crippen LogP contribution in [0.2, 0.25) is 5.02 Å². The van der Waals surface area contributed by atoms with E-state index in [2.05, 4.69) is 22.1 Å². The van der Waals surface area contributed by atoms with Crippen LogP contribution in [-0.2, 0) is 11.0 Å². The Labute approximate surface area is 198 Å². The number of halogens is 4. The van der Waals surface area contributed by atoms with E-state index in [1.54, 1.807) is 18.2 Å². The van der Waals surface area contributed by atoms with Crippen molar-refractivity contribution < 1.29 is 22.4 Å². The lowest BCUT2D eigenvalue weighted by Crippen LogP contribution is -2.46. The number of rotatable bonds is 6. The number of anilines is 2. The number of amides is 1. The second-order valence-electron chi connectivity index (χ2n) is 7.58. The normalized spacial score (nSPS) is 15.2. The molecule has 33 heavy (non-hydrogen) atoms. The molecule has 1 fully saturated rings. The first-order valence-corrected chi connectivity index (χ1v) is 11.8. The predicted octanol–water partition coefficient (Wildman–Crippen LogP) is 5.37. The van der Waals surface area contributed by atoms with Gasteiger partial charge >= 0.3 is 6.18 Å². The summed E-state index contributed by atoms with van der Waals surface area (Å²) < 4.78 is 45.5. The minimum absolute atomic E-state index is 0.0696. The van der Waals surface area contributed by atoms with Crippen LogP contribution in [0.5, 0.6) is 0 Å². The molecule has 1 aliphatic heterocycles. The van der Waals surface area contributed by atoms with Crippen molar-refractivity contribution in [3.8, 4) is 0 Å². The molecule has 6 nitrogen and oxygen atoms in total. The zero-order chi connectivity index (χ0) is 23.6. The highest BCUT2D eigenvalue weighted by Gasteiger charge is 2.32. The number of carbonyl (C=O) groups excluding carboxylic acids is 1. The fourth-order valence-corrected chi connectivity index (χ4v) is 4.45. The minimum atomic E-state index is -4.51. The van der Waals surface area contributed by atoms with E-state index in [0.29, 0.717) is 34.9 Å². The molecule has 0 saturated carbocycles. The minimum Gasteiger partial charge on any atom is -0.431 e. The third kappa shape index (κ3) is 5.74. The van der Waals surface area contributed by atoms with Crippen molar-refractivity contribution in [3.63, 3.8) is 0 Å². The summed E-state index contributed by atoms with van der Waals surface area (Å²) in [4.78, 5) is 21.2. The summed E-state index contributed by atoms with van der Waals surface area (Å²) in [7, 11) is 0. The summed E-state index contributed by atoms with van der Waals surface area (Å²) in [6.45, 7) is 5.95. The van der Waals surface area contributed by atoms with Gasteiger partial charge in [-0.2, -0.15) is 13.2 Å². The van der Waals surface area contributed by atoms with Crippen molar-refractivity contribution in [2.45, 2.75) is 18.3 Å². The molecule has 176 valence electrons. The lowest BCUT2D eigenvalue weighted by molar-refractivity contribution is -0.137. The number of carbonyl (C=O) groups is 1. The zero-order valence-electron chi connectivity index (χ0n) is 17.8. The maximum absolute atomic E-state index is 13.3. The third-order valence-corrected chi connectivity index (χ3v) is 6.48. The van der Waals surface area contributed by atoms with Crippen LogP contribution in [0.15, 0.2) is 46.0 Å². The second kappa shape index (κ2) is 9.82. The van der Waals surface area contributed by atoms with Gasteiger partial charge in [0.25, 0.3) is 5.22 Å². The van der Waals surface area contributed by atoms with Crippen LogP contribution >= 0.6 is 23.4 Å². The van der Waals surface area contributed by atoms with Crippen molar-refractivity contribution in [3.05, 3.63) is 47.0 Å². The van der Waals surface area contributed by atoms with Gasteiger partial charge in [-0.05, 0) is 42.9 Å². The topological polar surface area (TPSA) is 61.6 Å². The van der Waals surface area contributed by atoms with Gasteiger partial charge in [0.15, 0.2) is 5.58 Å². The van der Waals surface area contributed by atoms with Gasteiger partial charge < -0.3 is 19.5 Å². The largest absolute Gasteiger partial charge is 0.431 e. The molecule has 2 aromatic carbocycles. The van der Waals surface area contributed by atoms with Gasteiger partial charge in [-0.25, -0.2) is 4.98 Å². The van der Waals surface area contributed by atoms with Crippen LogP contribution in [0.1, 0.15) is 12.5 Å². The molecule has 0 aliphatic carbocycles. The Balaban J connectivity index is 1.48. The molecule has 4 rings (SSSR count). The molecule has 0 spiro atoms. The number of nitrogens with one attached hydrogen (secondary N) is 1. The number of hydrogen-bond acceptors (Lipinski definition) is 6. The molecule has 1 aliphatic rings. The predicted molar refractivity (Wildman–Crippen MR) is 124 cm³/mol.